The Morgan fingerprint density at radius 1 is 0.973 bits per heavy atom. The van der Waals surface area contributed by atoms with E-state index in [0.717, 1.165) is 59.7 Å². The number of hydrogen-bond acceptors (Lipinski definition) is 8. The van der Waals surface area contributed by atoms with Crippen molar-refractivity contribution < 1.29 is 9.84 Å². The average Bonchev–Trinajstić information content (AvgIpc) is 3.65. The summed E-state index contributed by atoms with van der Waals surface area (Å²) < 4.78 is 6.21. The van der Waals surface area contributed by atoms with Crippen molar-refractivity contribution in [1.29, 1.82) is 0 Å². The highest BCUT2D eigenvalue weighted by Gasteiger charge is 2.49. The maximum atomic E-state index is 10.2. The molecule has 4 heterocycles. The second kappa shape index (κ2) is 8.88. The molecule has 1 saturated heterocycles. The summed E-state index contributed by atoms with van der Waals surface area (Å²) in [6.07, 6.45) is 11.7. The number of pyridine rings is 1. The number of aliphatic hydroxyl groups is 1. The van der Waals surface area contributed by atoms with Gasteiger partial charge in [0.15, 0.2) is 17.4 Å². The van der Waals surface area contributed by atoms with E-state index in [4.69, 9.17) is 14.7 Å². The van der Waals surface area contributed by atoms with Crippen LogP contribution < -0.4 is 14.5 Å². The number of hydrogen-bond donors (Lipinski definition) is 1. The largest absolute Gasteiger partial charge is 0.488 e. The summed E-state index contributed by atoms with van der Waals surface area (Å²) in [5.74, 6) is 2.55. The highest BCUT2D eigenvalue weighted by molar-refractivity contribution is 7.99. The fraction of sp³-hybridized carbons (Fsp3) is 0.483. The van der Waals surface area contributed by atoms with Gasteiger partial charge >= 0.3 is 0 Å². The summed E-state index contributed by atoms with van der Waals surface area (Å²) >= 11 is 1.53. The van der Waals surface area contributed by atoms with Crippen molar-refractivity contribution in [1.82, 2.24) is 15.0 Å². The van der Waals surface area contributed by atoms with Gasteiger partial charge in [-0.05, 0) is 61.1 Å². The lowest BCUT2D eigenvalue weighted by Gasteiger charge is -2.40. The normalized spacial score (nSPS) is 20.9. The van der Waals surface area contributed by atoms with Crippen LogP contribution in [0.25, 0.3) is 0 Å². The van der Waals surface area contributed by atoms with Gasteiger partial charge in [0.2, 0.25) is 0 Å². The zero-order chi connectivity index (χ0) is 25.0. The molecule has 7 rings (SSSR count). The van der Waals surface area contributed by atoms with Crippen molar-refractivity contribution in [3.8, 4) is 5.75 Å². The maximum Gasteiger partial charge on any atom is 0.175 e. The predicted octanol–water partition coefficient (Wildman–Crippen LogP) is 4.65. The quantitative estimate of drug-likeness (QED) is 0.538. The van der Waals surface area contributed by atoms with Gasteiger partial charge in [-0.15, -0.1) is 0 Å². The van der Waals surface area contributed by atoms with Gasteiger partial charge in [-0.25, -0.2) is 15.0 Å². The van der Waals surface area contributed by atoms with Crippen molar-refractivity contribution in [3.05, 3.63) is 59.5 Å². The van der Waals surface area contributed by atoms with Gasteiger partial charge in [0.05, 0.1) is 24.3 Å². The number of piperidine rings is 1. The molecular weight excluding hydrogens is 482 g/mol. The van der Waals surface area contributed by atoms with Crippen LogP contribution in [-0.2, 0) is 19.4 Å². The topological polar surface area (TPSA) is 74.6 Å². The van der Waals surface area contributed by atoms with Gasteiger partial charge in [0, 0.05) is 38.3 Å². The predicted molar refractivity (Wildman–Crippen MR) is 145 cm³/mol. The van der Waals surface area contributed by atoms with Crippen molar-refractivity contribution in [3.63, 3.8) is 0 Å². The van der Waals surface area contributed by atoms with Crippen LogP contribution in [0.5, 0.6) is 5.75 Å². The molecule has 1 aromatic carbocycles. The first-order chi connectivity index (χ1) is 18.1. The molecule has 1 saturated carbocycles. The second-order valence-electron chi connectivity index (χ2n) is 11.2. The number of anilines is 2. The number of fused-ring (bicyclic) bond motifs is 2. The lowest BCUT2D eigenvalue weighted by atomic mass is 9.76. The zero-order valence-corrected chi connectivity index (χ0v) is 22.1. The molecule has 8 heteroatoms. The Morgan fingerprint density at radius 3 is 2.43 bits per heavy atom. The number of rotatable bonds is 4. The monoisotopic (exact) mass is 515 g/mol. The number of ether oxygens (including phenoxy) is 1. The zero-order valence-electron chi connectivity index (χ0n) is 21.3. The molecule has 2 aromatic heterocycles. The highest BCUT2D eigenvalue weighted by atomic mass is 32.2. The second-order valence-corrected chi connectivity index (χ2v) is 12.3. The van der Waals surface area contributed by atoms with Gasteiger partial charge in [0.25, 0.3) is 0 Å². The molecule has 2 fully saturated rings. The van der Waals surface area contributed by atoms with E-state index in [1.807, 2.05) is 18.5 Å². The third kappa shape index (κ3) is 4.05. The first-order valence-electron chi connectivity index (χ1n) is 13.4. The van der Waals surface area contributed by atoms with Crippen LogP contribution >= 0.6 is 11.8 Å². The molecule has 3 aromatic rings. The van der Waals surface area contributed by atoms with Crippen LogP contribution in [-0.4, -0.2) is 52.3 Å². The summed E-state index contributed by atoms with van der Waals surface area (Å²) in [6.45, 7) is 2.47. The van der Waals surface area contributed by atoms with E-state index in [-0.39, 0.29) is 12.1 Å². The van der Waals surface area contributed by atoms with Crippen molar-refractivity contribution in [2.75, 3.05) is 36.5 Å². The van der Waals surface area contributed by atoms with Gasteiger partial charge in [0.1, 0.15) is 10.7 Å². The van der Waals surface area contributed by atoms with Crippen molar-refractivity contribution in [2.45, 2.75) is 67.0 Å². The average molecular weight is 516 g/mol. The van der Waals surface area contributed by atoms with E-state index in [1.165, 1.54) is 48.6 Å². The van der Waals surface area contributed by atoms with Crippen LogP contribution in [0.1, 0.15) is 48.9 Å². The van der Waals surface area contributed by atoms with E-state index < -0.39 is 0 Å². The molecule has 0 unspecified atom stereocenters. The van der Waals surface area contributed by atoms with Gasteiger partial charge < -0.3 is 19.6 Å². The summed E-state index contributed by atoms with van der Waals surface area (Å²) in [5.41, 5.74) is 4.26. The summed E-state index contributed by atoms with van der Waals surface area (Å²) in [7, 11) is 2.13. The molecule has 2 aliphatic carbocycles. The number of nitrogens with zero attached hydrogens (tertiary/aromatic N) is 5. The van der Waals surface area contributed by atoms with E-state index in [9.17, 15) is 5.11 Å². The van der Waals surface area contributed by atoms with Crippen LogP contribution in [0.4, 0.5) is 11.6 Å². The molecular formula is C29H33N5O2S. The molecule has 7 nitrogen and oxygen atoms in total. The third-order valence-corrected chi connectivity index (χ3v) is 10.0. The molecule has 0 radical (unpaired) electrons. The Balaban J connectivity index is 1.08. The van der Waals surface area contributed by atoms with E-state index in [2.05, 4.69) is 46.1 Å². The van der Waals surface area contributed by atoms with E-state index in [0.29, 0.717) is 17.7 Å². The Kier molecular flexibility index (Phi) is 5.59. The molecule has 2 spiro atoms. The minimum atomic E-state index is -0.125. The summed E-state index contributed by atoms with van der Waals surface area (Å²) in [4.78, 5) is 19.9. The fourth-order valence-electron chi connectivity index (χ4n) is 6.59. The van der Waals surface area contributed by atoms with Gasteiger partial charge in [-0.3, -0.25) is 0 Å². The van der Waals surface area contributed by atoms with Crippen LogP contribution in [0.15, 0.2) is 52.6 Å². The molecule has 0 amide bonds. The van der Waals surface area contributed by atoms with Crippen LogP contribution in [0.3, 0.4) is 0 Å². The Bertz CT molecular complexity index is 1310. The molecule has 37 heavy (non-hydrogen) atoms. The van der Waals surface area contributed by atoms with E-state index in [1.54, 1.807) is 0 Å². The lowest BCUT2D eigenvalue weighted by molar-refractivity contribution is 0.230. The van der Waals surface area contributed by atoms with Crippen molar-refractivity contribution >= 4 is 23.4 Å². The summed E-state index contributed by atoms with van der Waals surface area (Å²) in [6, 6.07) is 10.9. The maximum absolute atomic E-state index is 10.2. The molecule has 2 aliphatic heterocycles. The highest BCUT2D eigenvalue weighted by Crippen LogP contribution is 2.51. The molecule has 0 bridgehead atoms. The number of aliphatic hydroxyl groups excluding tert-OH is 1. The molecule has 1 N–H and O–H groups in total. The summed E-state index contributed by atoms with van der Waals surface area (Å²) in [5, 5.41) is 11.0. The molecule has 0 atom stereocenters. The molecule has 4 aliphatic rings. The minimum Gasteiger partial charge on any atom is -0.488 e. The van der Waals surface area contributed by atoms with Gasteiger partial charge in [-0.1, -0.05) is 36.0 Å². The first-order valence-corrected chi connectivity index (χ1v) is 14.2. The number of aromatic nitrogens is 3. The fourth-order valence-corrected chi connectivity index (χ4v) is 7.45. The lowest BCUT2D eigenvalue weighted by Crippen LogP contribution is -2.41. The van der Waals surface area contributed by atoms with Crippen molar-refractivity contribution in [2.24, 2.45) is 5.41 Å². The standard InChI is InChI=1S/C29H33N5O2S/c1-33-27-25(36-15-11-29(33)7-8-29)23(6-12-30-27)37-24-18-31-26(22(19-35)32-24)34-13-9-28(10-14-34)16-20-4-2-3-5-21(20)17-28/h2-6,12,18,35H,7-11,13-17,19H2,1H3. The first kappa shape index (κ1) is 23.3. The van der Waals surface area contributed by atoms with E-state index >= 15 is 0 Å². The van der Waals surface area contributed by atoms with Crippen LogP contribution in [0.2, 0.25) is 0 Å². The third-order valence-electron chi connectivity index (χ3n) is 9.06. The Morgan fingerprint density at radius 2 is 1.73 bits per heavy atom. The van der Waals surface area contributed by atoms with Crippen LogP contribution in [0, 0.1) is 5.41 Å². The SMILES string of the molecule is CN1c2nccc(Sc3cnc(N4CCC5(CC4)Cc4ccccc4C5)c(CO)n3)c2OCCC12CC2. The minimum absolute atomic E-state index is 0.125. The molecule has 192 valence electrons. The number of benzene rings is 1. The van der Waals surface area contributed by atoms with Gasteiger partial charge in [-0.2, -0.15) is 0 Å². The Labute approximate surface area is 222 Å². The Hall–Kier alpha value is -2.84. The smallest absolute Gasteiger partial charge is 0.175 e.